The lowest BCUT2D eigenvalue weighted by atomic mass is 10.0. The van der Waals surface area contributed by atoms with Crippen LogP contribution in [0.1, 0.15) is 26.5 Å². The van der Waals surface area contributed by atoms with Crippen molar-refractivity contribution in [1.82, 2.24) is 0 Å². The van der Waals surface area contributed by atoms with Gasteiger partial charge in [0.1, 0.15) is 17.1 Å². The monoisotopic (exact) mass is 450 g/mol. The van der Waals surface area contributed by atoms with E-state index in [-0.39, 0.29) is 34.1 Å². The average Bonchev–Trinajstić information content (AvgIpc) is 2.72. The lowest BCUT2D eigenvalue weighted by molar-refractivity contribution is -0.155. The van der Waals surface area contributed by atoms with Crippen molar-refractivity contribution in [2.75, 3.05) is 7.11 Å². The lowest BCUT2D eigenvalue weighted by Gasteiger charge is -2.17. The quantitative estimate of drug-likeness (QED) is 0.480. The van der Waals surface area contributed by atoms with Crippen LogP contribution in [0.4, 0.5) is 13.2 Å². The molecule has 2 aromatic carbocycles. The molecule has 1 atom stereocenters. The number of benzene rings is 2. The van der Waals surface area contributed by atoms with Gasteiger partial charge in [0.05, 0.1) is 24.2 Å². The summed E-state index contributed by atoms with van der Waals surface area (Å²) < 4.78 is 62.4. The second kappa shape index (κ2) is 8.94. The number of ether oxygens (including phenoxy) is 3. The Kier molecular flexibility index (Phi) is 6.47. The molecule has 0 aliphatic heterocycles. The predicted molar refractivity (Wildman–Crippen MR) is 111 cm³/mol. The van der Waals surface area contributed by atoms with Gasteiger partial charge >= 0.3 is 12.1 Å². The third-order valence-corrected chi connectivity index (χ3v) is 4.49. The van der Waals surface area contributed by atoms with Crippen molar-refractivity contribution >= 4 is 16.9 Å². The molecule has 170 valence electrons. The normalized spacial score (nSPS) is 12.6. The van der Waals surface area contributed by atoms with Crippen LogP contribution in [0.15, 0.2) is 51.7 Å². The molecule has 0 fully saturated rings. The Balaban J connectivity index is 2.14. The molecule has 1 heterocycles. The van der Waals surface area contributed by atoms with E-state index < -0.39 is 35.0 Å². The lowest BCUT2D eigenvalue weighted by Crippen LogP contribution is -2.28. The van der Waals surface area contributed by atoms with E-state index in [1.807, 2.05) is 0 Å². The third-order valence-electron chi connectivity index (χ3n) is 4.49. The highest BCUT2D eigenvalue weighted by Crippen LogP contribution is 2.40. The van der Waals surface area contributed by atoms with Crippen molar-refractivity contribution in [2.45, 2.75) is 39.2 Å². The highest BCUT2D eigenvalue weighted by atomic mass is 19.4. The summed E-state index contributed by atoms with van der Waals surface area (Å²) in [5.74, 6) is -1.94. The van der Waals surface area contributed by atoms with Crippen LogP contribution >= 0.6 is 0 Å². The van der Waals surface area contributed by atoms with Crippen molar-refractivity contribution < 1.29 is 36.6 Å². The maximum absolute atomic E-state index is 13.8. The molecule has 0 saturated heterocycles. The zero-order valence-electron chi connectivity index (χ0n) is 17.8. The number of hydrogen-bond donors (Lipinski definition) is 0. The Hall–Kier alpha value is -3.49. The van der Waals surface area contributed by atoms with Crippen molar-refractivity contribution in [1.29, 1.82) is 0 Å². The highest BCUT2D eigenvalue weighted by Gasteiger charge is 2.40. The largest absolute Gasteiger partial charge is 0.496 e. The molecule has 0 spiro atoms. The third kappa shape index (κ3) is 4.71. The van der Waals surface area contributed by atoms with E-state index in [2.05, 4.69) is 0 Å². The first-order chi connectivity index (χ1) is 15.0. The maximum Gasteiger partial charge on any atom is 0.450 e. The molecule has 0 saturated carbocycles. The van der Waals surface area contributed by atoms with E-state index in [1.54, 1.807) is 19.9 Å². The van der Waals surface area contributed by atoms with E-state index in [4.69, 9.17) is 18.6 Å². The molecule has 0 radical (unpaired) electrons. The molecule has 0 bridgehead atoms. The van der Waals surface area contributed by atoms with Gasteiger partial charge in [0, 0.05) is 11.6 Å². The SMILES string of the molecule is COc1ccccc1-c1c(C(F)(F)F)oc2cc(OC(C)C(=O)OC(C)C)ccc2c1=O. The molecular weight excluding hydrogens is 429 g/mol. The van der Waals surface area contributed by atoms with Crippen LogP contribution in [0.2, 0.25) is 0 Å². The van der Waals surface area contributed by atoms with Gasteiger partial charge in [0.15, 0.2) is 6.10 Å². The van der Waals surface area contributed by atoms with E-state index in [9.17, 15) is 22.8 Å². The molecule has 0 amide bonds. The van der Waals surface area contributed by atoms with E-state index in [1.165, 1.54) is 44.4 Å². The molecule has 3 rings (SSSR count). The van der Waals surface area contributed by atoms with Crippen molar-refractivity contribution in [3.63, 3.8) is 0 Å². The van der Waals surface area contributed by atoms with Crippen LogP contribution in [0.25, 0.3) is 22.1 Å². The van der Waals surface area contributed by atoms with Crippen LogP contribution in [0.3, 0.4) is 0 Å². The molecule has 0 aliphatic rings. The van der Waals surface area contributed by atoms with E-state index >= 15 is 0 Å². The average molecular weight is 450 g/mol. The molecule has 0 N–H and O–H groups in total. The van der Waals surface area contributed by atoms with Crippen molar-refractivity contribution in [2.24, 2.45) is 0 Å². The number of para-hydroxylation sites is 1. The van der Waals surface area contributed by atoms with Gasteiger partial charge in [0.25, 0.3) is 0 Å². The number of methoxy groups -OCH3 is 1. The smallest absolute Gasteiger partial charge is 0.450 e. The van der Waals surface area contributed by atoms with Gasteiger partial charge in [-0.25, -0.2) is 4.79 Å². The minimum Gasteiger partial charge on any atom is -0.496 e. The van der Waals surface area contributed by atoms with Crippen LogP contribution in [-0.4, -0.2) is 25.3 Å². The van der Waals surface area contributed by atoms with Crippen LogP contribution in [-0.2, 0) is 15.7 Å². The summed E-state index contributed by atoms with van der Waals surface area (Å²) in [4.78, 5) is 25.0. The number of fused-ring (bicyclic) bond motifs is 1. The summed E-state index contributed by atoms with van der Waals surface area (Å²) >= 11 is 0. The number of hydrogen-bond acceptors (Lipinski definition) is 6. The summed E-state index contributed by atoms with van der Waals surface area (Å²) in [5, 5.41) is -0.0799. The van der Waals surface area contributed by atoms with Gasteiger partial charge in [-0.2, -0.15) is 13.2 Å². The number of carbonyl (C=O) groups excluding carboxylic acids is 1. The summed E-state index contributed by atoms with van der Waals surface area (Å²) in [6, 6.07) is 9.67. The highest BCUT2D eigenvalue weighted by molar-refractivity contribution is 5.85. The Morgan fingerprint density at radius 3 is 2.38 bits per heavy atom. The topological polar surface area (TPSA) is 75.0 Å². The first-order valence-corrected chi connectivity index (χ1v) is 9.71. The predicted octanol–water partition coefficient (Wildman–Crippen LogP) is 5.21. The van der Waals surface area contributed by atoms with Crippen molar-refractivity contribution in [3.05, 3.63) is 58.4 Å². The Bertz CT molecular complexity index is 1200. The number of rotatable bonds is 6. The molecule has 1 unspecified atom stereocenters. The minimum atomic E-state index is -4.95. The molecule has 6 nitrogen and oxygen atoms in total. The number of alkyl halides is 3. The van der Waals surface area contributed by atoms with Crippen LogP contribution in [0, 0.1) is 0 Å². The fraction of sp³-hybridized carbons (Fsp3) is 0.304. The summed E-state index contributed by atoms with van der Waals surface area (Å²) in [7, 11) is 1.30. The second-order valence-electron chi connectivity index (χ2n) is 7.24. The molecule has 3 aromatic rings. The molecule has 32 heavy (non-hydrogen) atoms. The van der Waals surface area contributed by atoms with E-state index in [0.717, 1.165) is 6.07 Å². The Labute approximate surface area is 181 Å². The van der Waals surface area contributed by atoms with E-state index in [0.29, 0.717) is 0 Å². The second-order valence-corrected chi connectivity index (χ2v) is 7.24. The summed E-state index contributed by atoms with van der Waals surface area (Å²) in [6.07, 6.45) is -6.32. The molecule has 1 aromatic heterocycles. The number of halogens is 3. The standard InChI is InChI=1S/C23H21F3O6/c1-12(2)30-22(28)13(3)31-14-9-10-16-18(11-14)32-21(23(24,25)26)19(20(16)27)15-7-5-6-8-17(15)29-4/h5-13H,1-4H3. The van der Waals surface area contributed by atoms with Gasteiger partial charge in [-0.1, -0.05) is 18.2 Å². The zero-order valence-corrected chi connectivity index (χ0v) is 17.8. The maximum atomic E-state index is 13.8. The fourth-order valence-corrected chi connectivity index (χ4v) is 3.12. The first-order valence-electron chi connectivity index (χ1n) is 9.71. The molecule has 9 heteroatoms. The first kappa shape index (κ1) is 23.2. The fourth-order valence-electron chi connectivity index (χ4n) is 3.12. The van der Waals surface area contributed by atoms with Crippen LogP contribution < -0.4 is 14.9 Å². The minimum absolute atomic E-state index is 0.0386. The van der Waals surface area contributed by atoms with Gasteiger partial charge in [0.2, 0.25) is 11.2 Å². The summed E-state index contributed by atoms with van der Waals surface area (Å²) in [5.41, 5.74) is -1.89. The van der Waals surface area contributed by atoms with Crippen LogP contribution in [0.5, 0.6) is 11.5 Å². The summed E-state index contributed by atoms with van der Waals surface area (Å²) in [6.45, 7) is 4.79. The van der Waals surface area contributed by atoms with Crippen molar-refractivity contribution in [3.8, 4) is 22.6 Å². The zero-order chi connectivity index (χ0) is 23.6. The van der Waals surface area contributed by atoms with Gasteiger partial charge in [-0.05, 0) is 39.0 Å². The van der Waals surface area contributed by atoms with Gasteiger partial charge < -0.3 is 18.6 Å². The molecule has 0 aliphatic carbocycles. The Morgan fingerprint density at radius 2 is 1.75 bits per heavy atom. The number of carbonyl (C=O) groups is 1. The Morgan fingerprint density at radius 1 is 1.06 bits per heavy atom. The van der Waals surface area contributed by atoms with Gasteiger partial charge in [-0.3, -0.25) is 4.79 Å². The van der Waals surface area contributed by atoms with Gasteiger partial charge in [-0.15, -0.1) is 0 Å². The number of esters is 1. The molecular formula is C23H21F3O6.